The highest BCUT2D eigenvalue weighted by Gasteiger charge is 2.37. The topological polar surface area (TPSA) is 43.4 Å². The maximum atomic E-state index is 15.5. The molecule has 3 heteroatoms. The molecule has 3 nitrogen and oxygen atoms in total. The van der Waals surface area contributed by atoms with Crippen molar-refractivity contribution in [1.82, 2.24) is 0 Å². The van der Waals surface area contributed by atoms with Crippen LogP contribution in [-0.4, -0.2) is 11.6 Å². The van der Waals surface area contributed by atoms with E-state index in [4.69, 9.17) is 4.74 Å². The van der Waals surface area contributed by atoms with E-state index in [1.54, 1.807) is 6.08 Å². The lowest BCUT2D eigenvalue weighted by molar-refractivity contribution is -0.110. The van der Waals surface area contributed by atoms with Crippen LogP contribution in [0.15, 0.2) is 321 Å². The van der Waals surface area contributed by atoms with Gasteiger partial charge in [0.05, 0.1) is 0 Å². The molecule has 0 radical (unpaired) electrons. The zero-order valence-electron chi connectivity index (χ0n) is 53.5. The maximum absolute atomic E-state index is 15.5. The largest absolute Gasteiger partial charge is 0.457 e. The van der Waals surface area contributed by atoms with E-state index in [9.17, 15) is 0 Å². The second-order valence-electron chi connectivity index (χ2n) is 22.2. The highest BCUT2D eigenvalue weighted by Crippen LogP contribution is 2.52. The van der Waals surface area contributed by atoms with Gasteiger partial charge in [0.15, 0.2) is 11.6 Å². The van der Waals surface area contributed by atoms with Crippen molar-refractivity contribution in [3.05, 3.63) is 387 Å². The first-order valence-electron chi connectivity index (χ1n) is 32.0. The van der Waals surface area contributed by atoms with Gasteiger partial charge in [-0.1, -0.05) is 275 Å². The van der Waals surface area contributed by atoms with Crippen LogP contribution in [0.4, 0.5) is 0 Å². The van der Waals surface area contributed by atoms with Gasteiger partial charge < -0.3 is 4.74 Å². The molecule has 0 saturated heterocycles. The first kappa shape index (κ1) is 64.0. The Labute approximate surface area is 560 Å². The zero-order chi connectivity index (χ0) is 65.9. The molecule has 454 valence electrons. The molecule has 0 aromatic heterocycles. The van der Waals surface area contributed by atoms with Crippen LogP contribution < -0.4 is 4.74 Å². The van der Waals surface area contributed by atoms with Gasteiger partial charge in [0.1, 0.15) is 11.5 Å². The van der Waals surface area contributed by atoms with E-state index in [1.807, 2.05) is 220 Å². The number of hydrogen-bond donors (Lipinski definition) is 0. The number of terminal acetylenes is 1. The van der Waals surface area contributed by atoms with Gasteiger partial charge in [-0.3, -0.25) is 9.59 Å². The standard InChI is InChI=1S/C88H60O3.C2H6.C2H2/c1-3-20-61(4-2)31-32-64-37-43-71(44-38-64)79-82(86(88(90)83(79)69-27-16-8-17-28-69)76-51-49-68(50-52-76)67-25-14-7-15-26-67)74-55-59-78(60-56-74)91-77-57-53-73(54-58-77)81-80(72-45-39-65(40-46-72)35-33-62-21-10-5-11-22-62)85(87(89)84(81)70-29-18-9-19-30-70)75-47-41-66(42-48-75)36-34-63-23-12-6-13-24-63;2*1-2/h4-8,10-18,20-30,37-60H,2-3,9,19H2,1H3;1-2H3;1-2H/b61-20+;;. The van der Waals surface area contributed by atoms with Crippen LogP contribution in [-0.2, 0) is 9.59 Å². The third kappa shape index (κ3) is 14.7. The molecule has 13 rings (SSSR count). The summed E-state index contributed by atoms with van der Waals surface area (Å²) < 4.78 is 6.71. The van der Waals surface area contributed by atoms with Crippen molar-refractivity contribution >= 4 is 50.6 Å². The summed E-state index contributed by atoms with van der Waals surface area (Å²) >= 11 is 0. The van der Waals surface area contributed by atoms with Gasteiger partial charge in [0, 0.05) is 78.0 Å². The summed E-state index contributed by atoms with van der Waals surface area (Å²) in [5, 5.41) is 0. The Morgan fingerprint density at radius 2 is 0.684 bits per heavy atom. The second kappa shape index (κ2) is 31.0. The average molecular weight is 1220 g/mol. The summed E-state index contributed by atoms with van der Waals surface area (Å²) in [5.41, 5.74) is 20.3. The summed E-state index contributed by atoms with van der Waals surface area (Å²) in [4.78, 5) is 30.9. The van der Waals surface area contributed by atoms with Crippen molar-refractivity contribution in [2.75, 3.05) is 0 Å². The van der Waals surface area contributed by atoms with Crippen molar-refractivity contribution in [2.24, 2.45) is 0 Å². The fourth-order valence-corrected chi connectivity index (χ4v) is 11.9. The molecule has 0 unspecified atom stereocenters. The molecule has 95 heavy (non-hydrogen) atoms. The van der Waals surface area contributed by atoms with Gasteiger partial charge in [-0.05, 0) is 160 Å². The van der Waals surface area contributed by atoms with Gasteiger partial charge in [-0.15, -0.1) is 12.8 Å². The Morgan fingerprint density at radius 1 is 0.379 bits per heavy atom. The Bertz CT molecular complexity index is 4920. The number of carbonyl (C=O) groups excluding carboxylic acids is 2. The molecule has 0 atom stereocenters. The van der Waals surface area contributed by atoms with Gasteiger partial charge in [0.25, 0.3) is 0 Å². The molecule has 0 heterocycles. The minimum Gasteiger partial charge on any atom is -0.457 e. The molecule has 3 aliphatic rings. The molecule has 0 N–H and O–H groups in total. The molecule has 10 aromatic rings. The van der Waals surface area contributed by atoms with Crippen LogP contribution in [0.1, 0.15) is 107 Å². The quantitative estimate of drug-likeness (QED) is 0.0853. The summed E-state index contributed by atoms with van der Waals surface area (Å²) in [6.07, 6.45) is 20.9. The van der Waals surface area contributed by atoms with Crippen LogP contribution in [0, 0.1) is 48.4 Å². The van der Waals surface area contributed by atoms with Gasteiger partial charge in [0.2, 0.25) is 0 Å². The molecule has 0 fully saturated rings. The van der Waals surface area contributed by atoms with Crippen LogP contribution in [0.25, 0.3) is 50.1 Å². The molecule has 3 aliphatic carbocycles. The van der Waals surface area contributed by atoms with Crippen molar-refractivity contribution < 1.29 is 14.3 Å². The van der Waals surface area contributed by atoms with Crippen molar-refractivity contribution in [3.8, 4) is 71.0 Å². The molecule has 0 spiro atoms. The van der Waals surface area contributed by atoms with Gasteiger partial charge in [-0.25, -0.2) is 0 Å². The summed E-state index contributed by atoms with van der Waals surface area (Å²) in [7, 11) is 0. The Kier molecular flexibility index (Phi) is 20.9. The van der Waals surface area contributed by atoms with E-state index in [-0.39, 0.29) is 11.6 Å². The minimum atomic E-state index is -0.0520. The first-order chi connectivity index (χ1) is 46.9. The van der Waals surface area contributed by atoms with Crippen LogP contribution in [0.2, 0.25) is 0 Å². The van der Waals surface area contributed by atoms with Crippen LogP contribution in [0.5, 0.6) is 11.5 Å². The molecule has 0 aliphatic heterocycles. The van der Waals surface area contributed by atoms with E-state index < -0.39 is 0 Å². The minimum absolute atomic E-state index is 0.0382. The van der Waals surface area contributed by atoms with Crippen LogP contribution >= 0.6 is 0 Å². The maximum Gasteiger partial charge on any atom is 0.195 e. The number of Topliss-reactive ketones (excluding diaryl/α,β-unsaturated/α-hetero) is 2. The molecular formula is C92H68O3. The number of carbonyl (C=O) groups is 2. The fraction of sp³-hybridized carbons (Fsp3) is 0.0652. The van der Waals surface area contributed by atoms with Crippen molar-refractivity contribution in [3.63, 3.8) is 0 Å². The molecule has 0 bridgehead atoms. The predicted molar refractivity (Wildman–Crippen MR) is 396 cm³/mol. The third-order valence-corrected chi connectivity index (χ3v) is 16.3. The summed E-state index contributed by atoms with van der Waals surface area (Å²) in [6, 6.07) is 88.9. The summed E-state index contributed by atoms with van der Waals surface area (Å²) in [6.45, 7) is 10.0. The van der Waals surface area contributed by atoms with Crippen molar-refractivity contribution in [2.45, 2.75) is 40.0 Å². The molecule has 0 amide bonds. The smallest absolute Gasteiger partial charge is 0.195 e. The van der Waals surface area contributed by atoms with Gasteiger partial charge in [-0.2, -0.15) is 0 Å². The Morgan fingerprint density at radius 3 is 1.07 bits per heavy atom. The number of ether oxygens (including phenoxy) is 1. The van der Waals surface area contributed by atoms with Crippen molar-refractivity contribution in [1.29, 1.82) is 0 Å². The monoisotopic (exact) mass is 1220 g/mol. The molecule has 0 saturated carbocycles. The SMILES string of the molecule is C#C.C=C/C(C#Cc1ccc(C2=C(c3ccccc3)C(=O)C(c3ccc(-c4ccccc4)cc3)=C2c2ccc(Oc3ccc(C4=C(C5=CCCC=C5)C(=O)C(c5ccc(C#Cc6ccccc6)cc5)=C4c4ccc(C#Cc5ccccc5)cc4)cc3)cc2)cc1)=C\CC.CC. The Balaban J connectivity index is 0.00000226. The lowest BCUT2D eigenvalue weighted by Gasteiger charge is -2.16. The van der Waals surface area contributed by atoms with Gasteiger partial charge >= 0.3 is 0 Å². The third-order valence-electron chi connectivity index (χ3n) is 16.3. The lowest BCUT2D eigenvalue weighted by Crippen LogP contribution is -2.05. The number of allylic oxidation sites excluding steroid dienone is 15. The average Bonchev–Trinajstić information content (AvgIpc) is 1.60. The normalized spacial score (nSPS) is 13.2. The van der Waals surface area contributed by atoms with E-state index in [0.717, 1.165) is 131 Å². The molecule has 10 aromatic carbocycles. The lowest BCUT2D eigenvalue weighted by atomic mass is 9.88. The number of benzene rings is 10. The highest BCUT2D eigenvalue weighted by molar-refractivity contribution is 6.59. The molecular weight excluding hydrogens is 1150 g/mol. The Hall–Kier alpha value is -12.5. The number of hydrogen-bond acceptors (Lipinski definition) is 3. The second-order valence-corrected chi connectivity index (χ2v) is 22.2. The fourth-order valence-electron chi connectivity index (χ4n) is 11.9. The van der Waals surface area contributed by atoms with E-state index in [0.29, 0.717) is 33.8 Å². The van der Waals surface area contributed by atoms with E-state index in [1.165, 1.54) is 0 Å². The predicted octanol–water partition coefficient (Wildman–Crippen LogP) is 21.4. The summed E-state index contributed by atoms with van der Waals surface area (Å²) in [5.74, 6) is 20.9. The van der Waals surface area contributed by atoms with E-state index in [2.05, 4.69) is 147 Å². The number of rotatable bonds is 13. The van der Waals surface area contributed by atoms with Crippen LogP contribution in [0.3, 0.4) is 0 Å². The number of ketones is 2. The van der Waals surface area contributed by atoms with E-state index >= 15 is 9.59 Å². The first-order valence-corrected chi connectivity index (χ1v) is 32.0. The highest BCUT2D eigenvalue weighted by atomic mass is 16.5. The zero-order valence-corrected chi connectivity index (χ0v) is 53.5.